The molecule has 100 valence electrons. The molecular formula is C14H21NO3. The highest BCUT2D eigenvalue weighted by Gasteiger charge is 2.28. The van der Waals surface area contributed by atoms with E-state index >= 15 is 0 Å². The molecule has 18 heavy (non-hydrogen) atoms. The Balaban J connectivity index is 2.84. The van der Waals surface area contributed by atoms with Crippen LogP contribution in [0.2, 0.25) is 0 Å². The first kappa shape index (κ1) is 14.7. The normalized spacial score (nSPS) is 12.9. The Bertz CT molecular complexity index is 365. The molecule has 0 aromatic heterocycles. The van der Waals surface area contributed by atoms with Gasteiger partial charge in [-0.05, 0) is 11.5 Å². The maximum atomic E-state index is 11.3. The smallest absolute Gasteiger partial charge is 0.321 e. The summed E-state index contributed by atoms with van der Waals surface area (Å²) in [4.78, 5) is 13.1. The number of aliphatic carboxylic acids is 1. The van der Waals surface area contributed by atoms with Crippen LogP contribution in [0.25, 0.3) is 0 Å². The van der Waals surface area contributed by atoms with E-state index in [1.807, 2.05) is 49.1 Å². The molecule has 0 aliphatic carbocycles. The van der Waals surface area contributed by atoms with E-state index < -0.39 is 12.0 Å². The first-order valence-electron chi connectivity index (χ1n) is 6.18. The van der Waals surface area contributed by atoms with Gasteiger partial charge in [-0.2, -0.15) is 0 Å². The molecule has 1 aromatic carbocycles. The summed E-state index contributed by atoms with van der Waals surface area (Å²) >= 11 is 0. The number of carbonyl (C=O) groups is 1. The first-order valence-corrected chi connectivity index (χ1v) is 6.18. The highest BCUT2D eigenvalue weighted by Crippen LogP contribution is 2.15. The monoisotopic (exact) mass is 251 g/mol. The van der Waals surface area contributed by atoms with Gasteiger partial charge in [0.1, 0.15) is 6.04 Å². The summed E-state index contributed by atoms with van der Waals surface area (Å²) in [6.07, 6.45) is 0. The zero-order chi connectivity index (χ0) is 13.5. The Morgan fingerprint density at radius 1 is 1.28 bits per heavy atom. The predicted octanol–water partition coefficient (Wildman–Crippen LogP) is 1.59. The molecule has 0 bridgehead atoms. The molecule has 4 nitrogen and oxygen atoms in total. The summed E-state index contributed by atoms with van der Waals surface area (Å²) in [7, 11) is 0. The zero-order valence-corrected chi connectivity index (χ0v) is 10.9. The van der Waals surface area contributed by atoms with E-state index in [-0.39, 0.29) is 12.5 Å². The van der Waals surface area contributed by atoms with E-state index in [9.17, 15) is 9.90 Å². The van der Waals surface area contributed by atoms with Crippen LogP contribution in [0.5, 0.6) is 0 Å². The van der Waals surface area contributed by atoms with Gasteiger partial charge >= 0.3 is 5.97 Å². The third-order valence-corrected chi connectivity index (χ3v) is 2.89. The summed E-state index contributed by atoms with van der Waals surface area (Å²) in [5.41, 5.74) is 1.05. The Kier molecular flexibility index (Phi) is 5.82. The topological polar surface area (TPSA) is 60.8 Å². The number of aliphatic hydroxyl groups excluding tert-OH is 1. The van der Waals surface area contributed by atoms with Gasteiger partial charge in [0.2, 0.25) is 0 Å². The molecule has 0 fully saturated rings. The van der Waals surface area contributed by atoms with Crippen molar-refractivity contribution < 1.29 is 15.0 Å². The first-order chi connectivity index (χ1) is 8.56. The van der Waals surface area contributed by atoms with Gasteiger partial charge in [-0.15, -0.1) is 0 Å². The van der Waals surface area contributed by atoms with Gasteiger partial charge < -0.3 is 10.2 Å². The molecule has 1 unspecified atom stereocenters. The van der Waals surface area contributed by atoms with Crippen molar-refractivity contribution in [3.63, 3.8) is 0 Å². The van der Waals surface area contributed by atoms with Crippen molar-refractivity contribution in [3.05, 3.63) is 35.9 Å². The largest absolute Gasteiger partial charge is 0.480 e. The minimum atomic E-state index is -0.839. The summed E-state index contributed by atoms with van der Waals surface area (Å²) < 4.78 is 0. The van der Waals surface area contributed by atoms with Gasteiger partial charge in [0.15, 0.2) is 0 Å². The van der Waals surface area contributed by atoms with Crippen molar-refractivity contribution in [2.24, 2.45) is 5.92 Å². The Labute approximate surface area is 108 Å². The minimum absolute atomic E-state index is 0.00207. The van der Waals surface area contributed by atoms with E-state index in [2.05, 4.69) is 0 Å². The van der Waals surface area contributed by atoms with Gasteiger partial charge in [0.05, 0.1) is 6.61 Å². The number of hydrogen-bond donors (Lipinski definition) is 2. The van der Waals surface area contributed by atoms with Gasteiger partial charge in [0.25, 0.3) is 0 Å². The van der Waals surface area contributed by atoms with E-state index in [1.54, 1.807) is 0 Å². The van der Waals surface area contributed by atoms with Crippen LogP contribution < -0.4 is 0 Å². The Morgan fingerprint density at radius 3 is 2.33 bits per heavy atom. The van der Waals surface area contributed by atoms with Crippen LogP contribution in [0.3, 0.4) is 0 Å². The van der Waals surface area contributed by atoms with Crippen LogP contribution in [-0.2, 0) is 11.3 Å². The lowest BCUT2D eigenvalue weighted by atomic mass is 10.0. The number of nitrogens with zero attached hydrogens (tertiary/aromatic N) is 1. The van der Waals surface area contributed by atoms with Crippen LogP contribution in [0, 0.1) is 5.92 Å². The highest BCUT2D eigenvalue weighted by atomic mass is 16.4. The zero-order valence-electron chi connectivity index (χ0n) is 10.9. The molecule has 0 aliphatic rings. The fourth-order valence-corrected chi connectivity index (χ4v) is 2.13. The average molecular weight is 251 g/mol. The SMILES string of the molecule is CC(C)C(C(=O)O)N(CCO)Cc1ccccc1. The summed E-state index contributed by atoms with van der Waals surface area (Å²) in [5.74, 6) is -0.841. The van der Waals surface area contributed by atoms with Crippen molar-refractivity contribution in [2.45, 2.75) is 26.4 Å². The minimum Gasteiger partial charge on any atom is -0.480 e. The molecule has 2 N–H and O–H groups in total. The molecule has 4 heteroatoms. The van der Waals surface area contributed by atoms with E-state index in [4.69, 9.17) is 5.11 Å². The van der Waals surface area contributed by atoms with E-state index in [1.165, 1.54) is 0 Å². The molecule has 1 aromatic rings. The fraction of sp³-hybridized carbons (Fsp3) is 0.500. The summed E-state index contributed by atoms with van der Waals surface area (Å²) in [6.45, 7) is 4.63. The van der Waals surface area contributed by atoms with E-state index in [0.717, 1.165) is 5.56 Å². The van der Waals surface area contributed by atoms with Crippen LogP contribution in [-0.4, -0.2) is 40.3 Å². The molecule has 0 amide bonds. The van der Waals surface area contributed by atoms with Crippen molar-refractivity contribution in [3.8, 4) is 0 Å². The van der Waals surface area contributed by atoms with Crippen LogP contribution >= 0.6 is 0 Å². The number of carboxylic acids is 1. The summed E-state index contributed by atoms with van der Waals surface area (Å²) in [6, 6.07) is 9.14. The van der Waals surface area contributed by atoms with Crippen LogP contribution in [0.15, 0.2) is 30.3 Å². The van der Waals surface area contributed by atoms with Crippen molar-refractivity contribution in [2.75, 3.05) is 13.2 Å². The quantitative estimate of drug-likeness (QED) is 0.772. The Hall–Kier alpha value is -1.39. The Morgan fingerprint density at radius 2 is 1.89 bits per heavy atom. The number of benzene rings is 1. The van der Waals surface area contributed by atoms with E-state index in [0.29, 0.717) is 13.1 Å². The molecular weight excluding hydrogens is 230 g/mol. The number of carboxylic acid groups (broad SMARTS) is 1. The summed E-state index contributed by atoms with van der Waals surface area (Å²) in [5, 5.41) is 18.4. The van der Waals surface area contributed by atoms with Crippen LogP contribution in [0.1, 0.15) is 19.4 Å². The van der Waals surface area contributed by atoms with Gasteiger partial charge in [-0.1, -0.05) is 44.2 Å². The van der Waals surface area contributed by atoms with Crippen molar-refractivity contribution in [1.82, 2.24) is 4.90 Å². The second-order valence-electron chi connectivity index (χ2n) is 4.71. The third-order valence-electron chi connectivity index (χ3n) is 2.89. The molecule has 0 aliphatic heterocycles. The lowest BCUT2D eigenvalue weighted by Crippen LogP contribution is -2.45. The second-order valence-corrected chi connectivity index (χ2v) is 4.71. The molecule has 0 heterocycles. The fourth-order valence-electron chi connectivity index (χ4n) is 2.13. The predicted molar refractivity (Wildman–Crippen MR) is 70.2 cm³/mol. The number of aliphatic hydroxyl groups is 1. The highest BCUT2D eigenvalue weighted by molar-refractivity contribution is 5.73. The molecule has 0 saturated heterocycles. The van der Waals surface area contributed by atoms with Gasteiger partial charge in [-0.25, -0.2) is 0 Å². The molecule has 0 saturated carbocycles. The standard InChI is InChI=1S/C14H21NO3/c1-11(2)13(14(17)18)15(8-9-16)10-12-6-4-3-5-7-12/h3-7,11,13,16H,8-10H2,1-2H3,(H,17,18). The second kappa shape index (κ2) is 7.13. The maximum absolute atomic E-state index is 11.3. The van der Waals surface area contributed by atoms with Crippen LogP contribution in [0.4, 0.5) is 0 Å². The number of rotatable bonds is 7. The lowest BCUT2D eigenvalue weighted by Gasteiger charge is -2.30. The molecule has 0 spiro atoms. The van der Waals surface area contributed by atoms with Crippen molar-refractivity contribution >= 4 is 5.97 Å². The number of hydrogen-bond acceptors (Lipinski definition) is 3. The molecule has 1 rings (SSSR count). The molecule has 1 atom stereocenters. The molecule has 0 radical (unpaired) electrons. The third kappa shape index (κ3) is 4.13. The van der Waals surface area contributed by atoms with Gasteiger partial charge in [-0.3, -0.25) is 9.69 Å². The van der Waals surface area contributed by atoms with Gasteiger partial charge in [0, 0.05) is 13.1 Å². The lowest BCUT2D eigenvalue weighted by molar-refractivity contribution is -0.145. The maximum Gasteiger partial charge on any atom is 0.321 e. The average Bonchev–Trinajstić information content (AvgIpc) is 2.29. The van der Waals surface area contributed by atoms with Crippen molar-refractivity contribution in [1.29, 1.82) is 0 Å².